The molecule has 0 heterocycles. The SMILES string of the molecule is O=C(NC[C@H]1C[C@H]1C(=O)Nc1cc(Br)ccc1C(=O)O)OCC1c2ccccc2-c2ccccc21. The molecule has 0 radical (unpaired) electrons. The third-order valence-electron chi connectivity index (χ3n) is 6.58. The molecule has 2 aliphatic rings. The van der Waals surface area contributed by atoms with Crippen molar-refractivity contribution < 1.29 is 24.2 Å². The predicted octanol–water partition coefficient (Wildman–Crippen LogP) is 5.26. The zero-order valence-corrected chi connectivity index (χ0v) is 20.2. The second-order valence-electron chi connectivity index (χ2n) is 8.79. The molecular weight excluding hydrogens is 512 g/mol. The number of halogens is 1. The lowest BCUT2D eigenvalue weighted by molar-refractivity contribution is -0.117. The molecule has 1 saturated carbocycles. The lowest BCUT2D eigenvalue weighted by Gasteiger charge is -2.14. The van der Waals surface area contributed by atoms with E-state index in [2.05, 4.69) is 50.8 Å². The monoisotopic (exact) mass is 534 g/mol. The summed E-state index contributed by atoms with van der Waals surface area (Å²) in [4.78, 5) is 36.4. The quantitative estimate of drug-likeness (QED) is 0.383. The molecule has 1 fully saturated rings. The van der Waals surface area contributed by atoms with Gasteiger partial charge in [0.05, 0.1) is 11.3 Å². The van der Waals surface area contributed by atoms with E-state index in [4.69, 9.17) is 4.74 Å². The van der Waals surface area contributed by atoms with Crippen molar-refractivity contribution in [3.8, 4) is 11.1 Å². The Morgan fingerprint density at radius 3 is 2.29 bits per heavy atom. The van der Waals surface area contributed by atoms with Gasteiger partial charge < -0.3 is 20.5 Å². The Morgan fingerprint density at radius 1 is 0.971 bits per heavy atom. The molecule has 0 aliphatic heterocycles. The zero-order valence-electron chi connectivity index (χ0n) is 18.7. The van der Waals surface area contributed by atoms with Crippen molar-refractivity contribution in [2.45, 2.75) is 12.3 Å². The number of carboxylic acids is 1. The Balaban J connectivity index is 1.12. The third kappa shape index (κ3) is 4.79. The number of fused-ring (bicyclic) bond motifs is 3. The van der Waals surface area contributed by atoms with Crippen LogP contribution in [0, 0.1) is 11.8 Å². The van der Waals surface area contributed by atoms with E-state index in [1.165, 1.54) is 17.2 Å². The number of hydrogen-bond donors (Lipinski definition) is 3. The minimum atomic E-state index is -1.11. The van der Waals surface area contributed by atoms with Crippen LogP contribution >= 0.6 is 15.9 Å². The fourth-order valence-corrected chi connectivity index (χ4v) is 5.05. The second-order valence-corrected chi connectivity index (χ2v) is 9.71. The van der Waals surface area contributed by atoms with Crippen molar-refractivity contribution in [3.63, 3.8) is 0 Å². The Bertz CT molecular complexity index is 1280. The van der Waals surface area contributed by atoms with E-state index >= 15 is 0 Å². The van der Waals surface area contributed by atoms with Crippen molar-refractivity contribution in [3.05, 3.63) is 87.9 Å². The predicted molar refractivity (Wildman–Crippen MR) is 134 cm³/mol. The van der Waals surface area contributed by atoms with Crippen LogP contribution in [0.15, 0.2) is 71.2 Å². The van der Waals surface area contributed by atoms with Gasteiger partial charge in [-0.05, 0) is 52.8 Å². The number of aromatic carboxylic acids is 1. The first-order chi connectivity index (χ1) is 16.9. The van der Waals surface area contributed by atoms with Crippen LogP contribution in [0.25, 0.3) is 11.1 Å². The van der Waals surface area contributed by atoms with Gasteiger partial charge in [-0.1, -0.05) is 64.5 Å². The average molecular weight is 535 g/mol. The molecule has 8 heteroatoms. The van der Waals surface area contributed by atoms with Gasteiger partial charge in [-0.15, -0.1) is 0 Å². The van der Waals surface area contributed by atoms with Crippen LogP contribution in [-0.4, -0.2) is 36.2 Å². The first-order valence-electron chi connectivity index (χ1n) is 11.3. The number of alkyl carbamates (subject to hydrolysis) is 1. The van der Waals surface area contributed by atoms with Crippen LogP contribution < -0.4 is 10.6 Å². The Labute approximate surface area is 210 Å². The minimum Gasteiger partial charge on any atom is -0.478 e. The molecule has 2 amide bonds. The number of amides is 2. The number of nitrogens with one attached hydrogen (secondary N) is 2. The van der Waals surface area contributed by atoms with Gasteiger partial charge in [0.15, 0.2) is 0 Å². The first-order valence-corrected chi connectivity index (χ1v) is 12.1. The molecule has 2 atom stereocenters. The molecule has 0 aromatic heterocycles. The fraction of sp³-hybridized carbons (Fsp3) is 0.222. The molecule has 0 bridgehead atoms. The number of anilines is 1. The smallest absolute Gasteiger partial charge is 0.407 e. The summed E-state index contributed by atoms with van der Waals surface area (Å²) in [6.45, 7) is 0.550. The average Bonchev–Trinajstić information content (AvgIpc) is 3.56. The molecular formula is C27H23BrN2O5. The maximum atomic E-state index is 12.6. The number of carbonyl (C=O) groups is 3. The van der Waals surface area contributed by atoms with E-state index in [-0.39, 0.29) is 41.5 Å². The van der Waals surface area contributed by atoms with E-state index in [1.807, 2.05) is 24.3 Å². The van der Waals surface area contributed by atoms with Crippen molar-refractivity contribution in [1.82, 2.24) is 5.32 Å². The Hall–Kier alpha value is -3.65. The summed E-state index contributed by atoms with van der Waals surface area (Å²) < 4.78 is 6.21. The van der Waals surface area contributed by atoms with E-state index in [0.29, 0.717) is 17.4 Å². The molecule has 3 aromatic carbocycles. The van der Waals surface area contributed by atoms with Crippen LogP contribution in [0.3, 0.4) is 0 Å². The van der Waals surface area contributed by atoms with Gasteiger partial charge in [-0.2, -0.15) is 0 Å². The highest BCUT2D eigenvalue weighted by atomic mass is 79.9. The van der Waals surface area contributed by atoms with Gasteiger partial charge in [0.1, 0.15) is 6.61 Å². The molecule has 0 unspecified atom stereocenters. The van der Waals surface area contributed by atoms with Crippen LogP contribution in [-0.2, 0) is 9.53 Å². The number of ether oxygens (including phenoxy) is 1. The van der Waals surface area contributed by atoms with Crippen LogP contribution in [0.5, 0.6) is 0 Å². The molecule has 0 saturated heterocycles. The van der Waals surface area contributed by atoms with E-state index in [1.54, 1.807) is 12.1 Å². The second kappa shape index (κ2) is 9.54. The van der Waals surface area contributed by atoms with Gasteiger partial charge >= 0.3 is 12.1 Å². The maximum Gasteiger partial charge on any atom is 0.407 e. The zero-order chi connectivity index (χ0) is 24.5. The van der Waals surface area contributed by atoms with Gasteiger partial charge in [0.25, 0.3) is 0 Å². The van der Waals surface area contributed by atoms with Crippen LogP contribution in [0.4, 0.5) is 10.5 Å². The summed E-state index contributed by atoms with van der Waals surface area (Å²) in [7, 11) is 0. The fourth-order valence-electron chi connectivity index (χ4n) is 4.69. The molecule has 3 aromatic rings. The molecule has 5 rings (SSSR count). The first kappa shape index (κ1) is 23.1. The summed E-state index contributed by atoms with van der Waals surface area (Å²) in [5.41, 5.74) is 4.89. The van der Waals surface area contributed by atoms with E-state index in [9.17, 15) is 19.5 Å². The number of rotatable bonds is 7. The highest BCUT2D eigenvalue weighted by Gasteiger charge is 2.43. The largest absolute Gasteiger partial charge is 0.478 e. The number of benzene rings is 3. The van der Waals surface area contributed by atoms with E-state index < -0.39 is 12.1 Å². The van der Waals surface area contributed by atoms with Crippen LogP contribution in [0.2, 0.25) is 0 Å². The molecule has 7 nitrogen and oxygen atoms in total. The molecule has 178 valence electrons. The molecule has 0 spiro atoms. The lowest BCUT2D eigenvalue weighted by atomic mass is 9.98. The topological polar surface area (TPSA) is 105 Å². The number of carbonyl (C=O) groups excluding carboxylic acids is 2. The van der Waals surface area contributed by atoms with Gasteiger partial charge in [0.2, 0.25) is 5.91 Å². The standard InChI is InChI=1S/C27H23BrN2O5/c28-16-9-10-21(26(32)33)24(12-16)30-25(31)22-11-15(22)13-29-27(34)35-14-23-19-7-3-1-5-17(19)18-6-2-4-8-20(18)23/h1-10,12,15,22-23H,11,13-14H2,(H,29,34)(H,30,31)(H,32,33)/t15-,22-/m1/s1. The van der Waals surface area contributed by atoms with Crippen molar-refractivity contribution in [2.75, 3.05) is 18.5 Å². The summed E-state index contributed by atoms with van der Waals surface area (Å²) >= 11 is 3.29. The van der Waals surface area contributed by atoms with Gasteiger partial charge in [-0.25, -0.2) is 9.59 Å². The highest BCUT2D eigenvalue weighted by molar-refractivity contribution is 9.10. The summed E-state index contributed by atoms with van der Waals surface area (Å²) in [6.07, 6.45) is 0.101. The van der Waals surface area contributed by atoms with Crippen molar-refractivity contribution in [1.29, 1.82) is 0 Å². The molecule has 2 aliphatic carbocycles. The minimum absolute atomic E-state index is 0.0128. The normalized spacial score (nSPS) is 17.7. The number of hydrogen-bond acceptors (Lipinski definition) is 4. The van der Waals surface area contributed by atoms with Crippen molar-refractivity contribution in [2.24, 2.45) is 11.8 Å². The van der Waals surface area contributed by atoms with Crippen LogP contribution in [0.1, 0.15) is 33.8 Å². The Morgan fingerprint density at radius 2 is 1.63 bits per heavy atom. The summed E-state index contributed by atoms with van der Waals surface area (Å²) in [5.74, 6) is -1.69. The van der Waals surface area contributed by atoms with Crippen molar-refractivity contribution >= 4 is 39.6 Å². The third-order valence-corrected chi connectivity index (χ3v) is 7.07. The Kier molecular flexibility index (Phi) is 6.30. The maximum absolute atomic E-state index is 12.6. The van der Waals surface area contributed by atoms with E-state index in [0.717, 1.165) is 11.1 Å². The van der Waals surface area contributed by atoms with Gasteiger partial charge in [-0.3, -0.25) is 4.79 Å². The lowest BCUT2D eigenvalue weighted by Crippen LogP contribution is -2.29. The number of carboxylic acid groups (broad SMARTS) is 1. The highest BCUT2D eigenvalue weighted by Crippen LogP contribution is 2.44. The molecule has 3 N–H and O–H groups in total. The van der Waals surface area contributed by atoms with Gasteiger partial charge in [0, 0.05) is 22.9 Å². The summed E-state index contributed by atoms with van der Waals surface area (Å²) in [6, 6.07) is 20.9. The molecule has 35 heavy (non-hydrogen) atoms. The summed E-state index contributed by atoms with van der Waals surface area (Å²) in [5, 5.41) is 14.8.